The van der Waals surface area contributed by atoms with Crippen molar-refractivity contribution in [3.05, 3.63) is 29.8 Å². The van der Waals surface area contributed by atoms with Crippen LogP contribution in [-0.4, -0.2) is 24.4 Å². The minimum absolute atomic E-state index is 0.195. The molecule has 0 aliphatic heterocycles. The minimum Gasteiger partial charge on any atom is -0.497 e. The first-order valence-corrected chi connectivity index (χ1v) is 6.79. The Labute approximate surface area is 109 Å². The average molecular weight is 249 g/mol. The third-order valence-corrected chi connectivity index (χ3v) is 3.81. The molecular weight excluding hydrogens is 226 g/mol. The molecule has 100 valence electrons. The molecule has 1 saturated carbocycles. The molecule has 1 fully saturated rings. The van der Waals surface area contributed by atoms with E-state index in [1.807, 2.05) is 12.1 Å². The third kappa shape index (κ3) is 3.24. The SMILES string of the molecule is COc1ccc([C@@H](C)NC2CCCCC2O)cc1. The van der Waals surface area contributed by atoms with Crippen molar-refractivity contribution in [3.8, 4) is 5.75 Å². The summed E-state index contributed by atoms with van der Waals surface area (Å²) in [7, 11) is 1.68. The van der Waals surface area contributed by atoms with Gasteiger partial charge in [-0.1, -0.05) is 25.0 Å². The smallest absolute Gasteiger partial charge is 0.118 e. The summed E-state index contributed by atoms with van der Waals surface area (Å²) < 4.78 is 5.16. The largest absolute Gasteiger partial charge is 0.497 e. The van der Waals surface area contributed by atoms with Gasteiger partial charge in [0.05, 0.1) is 13.2 Å². The van der Waals surface area contributed by atoms with Gasteiger partial charge in [-0.25, -0.2) is 0 Å². The average Bonchev–Trinajstić information content (AvgIpc) is 2.41. The monoisotopic (exact) mass is 249 g/mol. The van der Waals surface area contributed by atoms with Crippen LogP contribution >= 0.6 is 0 Å². The summed E-state index contributed by atoms with van der Waals surface area (Å²) in [5.74, 6) is 0.878. The number of hydrogen-bond donors (Lipinski definition) is 2. The van der Waals surface area contributed by atoms with Crippen LogP contribution in [0.5, 0.6) is 5.75 Å². The molecule has 0 aromatic heterocycles. The highest BCUT2D eigenvalue weighted by molar-refractivity contribution is 5.28. The number of methoxy groups -OCH3 is 1. The highest BCUT2D eigenvalue weighted by Gasteiger charge is 2.24. The Morgan fingerprint density at radius 2 is 1.89 bits per heavy atom. The molecule has 3 atom stereocenters. The van der Waals surface area contributed by atoms with Gasteiger partial charge in [-0.15, -0.1) is 0 Å². The molecule has 0 spiro atoms. The third-order valence-electron chi connectivity index (χ3n) is 3.81. The molecular formula is C15H23NO2. The molecule has 3 nitrogen and oxygen atoms in total. The second-order valence-electron chi connectivity index (χ2n) is 5.12. The van der Waals surface area contributed by atoms with E-state index in [4.69, 9.17) is 4.74 Å². The zero-order valence-corrected chi connectivity index (χ0v) is 11.2. The van der Waals surface area contributed by atoms with E-state index in [0.717, 1.165) is 25.0 Å². The molecule has 1 aromatic rings. The number of ether oxygens (including phenoxy) is 1. The van der Waals surface area contributed by atoms with Gasteiger partial charge in [-0.2, -0.15) is 0 Å². The highest BCUT2D eigenvalue weighted by atomic mass is 16.5. The number of aliphatic hydroxyl groups excluding tert-OH is 1. The molecule has 1 aromatic carbocycles. The van der Waals surface area contributed by atoms with E-state index in [1.54, 1.807) is 7.11 Å². The number of benzene rings is 1. The Hall–Kier alpha value is -1.06. The second-order valence-corrected chi connectivity index (χ2v) is 5.12. The second kappa shape index (κ2) is 6.21. The zero-order chi connectivity index (χ0) is 13.0. The Morgan fingerprint density at radius 3 is 2.50 bits per heavy atom. The lowest BCUT2D eigenvalue weighted by atomic mass is 9.91. The summed E-state index contributed by atoms with van der Waals surface area (Å²) in [4.78, 5) is 0. The van der Waals surface area contributed by atoms with Crippen molar-refractivity contribution in [2.75, 3.05) is 7.11 Å². The van der Waals surface area contributed by atoms with Crippen molar-refractivity contribution in [1.82, 2.24) is 5.32 Å². The van der Waals surface area contributed by atoms with Crippen LogP contribution in [0, 0.1) is 0 Å². The van der Waals surface area contributed by atoms with E-state index in [0.29, 0.717) is 0 Å². The first-order valence-electron chi connectivity index (χ1n) is 6.79. The maximum absolute atomic E-state index is 9.96. The van der Waals surface area contributed by atoms with Gasteiger partial charge >= 0.3 is 0 Å². The molecule has 2 N–H and O–H groups in total. The Morgan fingerprint density at radius 1 is 1.22 bits per heavy atom. The van der Waals surface area contributed by atoms with Gasteiger partial charge in [-0.3, -0.25) is 0 Å². The van der Waals surface area contributed by atoms with Crippen LogP contribution in [0.2, 0.25) is 0 Å². The molecule has 0 heterocycles. The van der Waals surface area contributed by atoms with Gasteiger partial charge in [0.15, 0.2) is 0 Å². The fourth-order valence-corrected chi connectivity index (χ4v) is 2.62. The summed E-state index contributed by atoms with van der Waals surface area (Å²) in [6.45, 7) is 2.14. The van der Waals surface area contributed by atoms with Crippen molar-refractivity contribution >= 4 is 0 Å². The quantitative estimate of drug-likeness (QED) is 0.862. The maximum Gasteiger partial charge on any atom is 0.118 e. The van der Waals surface area contributed by atoms with Crippen molar-refractivity contribution in [2.45, 2.75) is 50.8 Å². The lowest BCUT2D eigenvalue weighted by Gasteiger charge is -2.31. The molecule has 1 aliphatic carbocycles. The molecule has 3 heteroatoms. The first kappa shape index (κ1) is 13.4. The number of rotatable bonds is 4. The van der Waals surface area contributed by atoms with Crippen molar-refractivity contribution in [3.63, 3.8) is 0 Å². The molecule has 2 rings (SSSR count). The molecule has 0 bridgehead atoms. The van der Waals surface area contributed by atoms with Crippen molar-refractivity contribution in [1.29, 1.82) is 0 Å². The summed E-state index contributed by atoms with van der Waals surface area (Å²) in [5.41, 5.74) is 1.23. The number of nitrogens with one attached hydrogen (secondary N) is 1. The molecule has 0 radical (unpaired) electrons. The van der Waals surface area contributed by atoms with Gasteiger partial charge in [0.1, 0.15) is 5.75 Å². The van der Waals surface area contributed by atoms with Crippen LogP contribution in [0.3, 0.4) is 0 Å². The lowest BCUT2D eigenvalue weighted by Crippen LogP contribution is -2.43. The molecule has 2 unspecified atom stereocenters. The summed E-state index contributed by atoms with van der Waals surface area (Å²) in [6, 6.07) is 8.59. The van der Waals surface area contributed by atoms with E-state index in [1.165, 1.54) is 12.0 Å². The van der Waals surface area contributed by atoms with Crippen molar-refractivity contribution < 1.29 is 9.84 Å². The topological polar surface area (TPSA) is 41.5 Å². The van der Waals surface area contributed by atoms with E-state index in [2.05, 4.69) is 24.4 Å². The van der Waals surface area contributed by atoms with Crippen molar-refractivity contribution in [2.24, 2.45) is 0 Å². The van der Waals surface area contributed by atoms with Crippen LogP contribution < -0.4 is 10.1 Å². The summed E-state index contributed by atoms with van der Waals surface area (Å²) in [5, 5.41) is 13.5. The van der Waals surface area contributed by atoms with E-state index in [-0.39, 0.29) is 18.2 Å². The predicted molar refractivity (Wildman–Crippen MR) is 72.8 cm³/mol. The van der Waals surface area contributed by atoms with E-state index in [9.17, 15) is 5.11 Å². The van der Waals surface area contributed by atoms with Gasteiger partial charge in [-0.05, 0) is 37.5 Å². The van der Waals surface area contributed by atoms with Crippen LogP contribution in [0.15, 0.2) is 24.3 Å². The fourth-order valence-electron chi connectivity index (χ4n) is 2.62. The first-order chi connectivity index (χ1) is 8.70. The van der Waals surface area contributed by atoms with Gasteiger partial charge in [0, 0.05) is 12.1 Å². The Kier molecular flexibility index (Phi) is 4.61. The molecule has 0 amide bonds. The normalized spacial score (nSPS) is 25.7. The fraction of sp³-hybridized carbons (Fsp3) is 0.600. The maximum atomic E-state index is 9.96. The predicted octanol–water partition coefficient (Wildman–Crippen LogP) is 2.65. The highest BCUT2D eigenvalue weighted by Crippen LogP contribution is 2.23. The minimum atomic E-state index is -0.195. The van der Waals surface area contributed by atoms with Crippen LogP contribution in [0.4, 0.5) is 0 Å². The molecule has 18 heavy (non-hydrogen) atoms. The van der Waals surface area contributed by atoms with Crippen LogP contribution in [-0.2, 0) is 0 Å². The lowest BCUT2D eigenvalue weighted by molar-refractivity contribution is 0.0860. The standard InChI is InChI=1S/C15H23NO2/c1-11(12-7-9-13(18-2)10-8-12)16-14-5-3-4-6-15(14)17/h7-11,14-17H,3-6H2,1-2H3/t11-,14?,15?/m1/s1. The van der Waals surface area contributed by atoms with Gasteiger partial charge in [0.2, 0.25) is 0 Å². The van der Waals surface area contributed by atoms with Crippen LogP contribution in [0.25, 0.3) is 0 Å². The van der Waals surface area contributed by atoms with E-state index < -0.39 is 0 Å². The van der Waals surface area contributed by atoms with E-state index >= 15 is 0 Å². The molecule has 1 aliphatic rings. The Balaban J connectivity index is 1.95. The van der Waals surface area contributed by atoms with Gasteiger partial charge < -0.3 is 15.2 Å². The summed E-state index contributed by atoms with van der Waals surface area (Å²) in [6.07, 6.45) is 4.16. The van der Waals surface area contributed by atoms with Gasteiger partial charge in [0.25, 0.3) is 0 Å². The number of hydrogen-bond acceptors (Lipinski definition) is 3. The number of aliphatic hydroxyl groups is 1. The Bertz CT molecular complexity index is 363. The van der Waals surface area contributed by atoms with Crippen LogP contribution in [0.1, 0.15) is 44.2 Å². The summed E-state index contributed by atoms with van der Waals surface area (Å²) >= 11 is 0. The zero-order valence-electron chi connectivity index (χ0n) is 11.2. The molecule has 0 saturated heterocycles.